The van der Waals surface area contributed by atoms with E-state index in [9.17, 15) is 4.79 Å². The molecule has 104 valence electrons. The molecule has 0 aromatic heterocycles. The van der Waals surface area contributed by atoms with Crippen molar-refractivity contribution < 1.29 is 4.79 Å². The quantitative estimate of drug-likeness (QED) is 0.858. The molecule has 1 aliphatic rings. The first kappa shape index (κ1) is 14.4. The van der Waals surface area contributed by atoms with Crippen molar-refractivity contribution >= 4 is 18.7 Å². The third kappa shape index (κ3) is 3.51. The van der Waals surface area contributed by atoms with E-state index < -0.39 is 0 Å². The molecular weight excluding hydrogens is 256 g/mol. The molecule has 3 nitrogen and oxygen atoms in total. The molecule has 1 aromatic carbocycles. The summed E-state index contributed by atoms with van der Waals surface area (Å²) in [5, 5.41) is 0. The molecule has 0 radical (unpaired) electrons. The number of rotatable bonds is 3. The Morgan fingerprint density at radius 3 is 2.21 bits per heavy atom. The molecule has 1 saturated heterocycles. The number of nitrogens with zero attached hydrogens (tertiary/aromatic N) is 2. The van der Waals surface area contributed by atoms with Gasteiger partial charge < -0.3 is 4.90 Å². The summed E-state index contributed by atoms with van der Waals surface area (Å²) in [5.74, 6) is 0.527. The van der Waals surface area contributed by atoms with Crippen molar-refractivity contribution in [2.75, 3.05) is 26.2 Å². The van der Waals surface area contributed by atoms with Crippen molar-refractivity contribution in [2.24, 2.45) is 5.92 Å². The van der Waals surface area contributed by atoms with Crippen molar-refractivity contribution in [1.82, 2.24) is 9.21 Å². The van der Waals surface area contributed by atoms with Crippen molar-refractivity contribution in [3.63, 3.8) is 0 Å². The highest BCUT2D eigenvalue weighted by atomic mass is 32.1. The van der Waals surface area contributed by atoms with Crippen LogP contribution in [0.5, 0.6) is 0 Å². The minimum absolute atomic E-state index is 0.0346. The zero-order valence-electron chi connectivity index (χ0n) is 11.6. The van der Waals surface area contributed by atoms with Crippen LogP contribution in [0.4, 0.5) is 0 Å². The molecule has 2 rings (SSSR count). The molecule has 0 saturated carbocycles. The molecule has 1 amide bonds. The van der Waals surface area contributed by atoms with Crippen molar-refractivity contribution in [1.29, 1.82) is 0 Å². The summed E-state index contributed by atoms with van der Waals surface area (Å²) in [4.78, 5) is 14.7. The van der Waals surface area contributed by atoms with Crippen molar-refractivity contribution in [3.8, 4) is 0 Å². The Kier molecular flexibility index (Phi) is 4.88. The predicted octanol–water partition coefficient (Wildman–Crippen LogP) is 2.42. The van der Waals surface area contributed by atoms with Crippen LogP contribution >= 0.6 is 12.8 Å². The second-order valence-corrected chi connectivity index (χ2v) is 5.98. The Morgan fingerprint density at radius 1 is 1.11 bits per heavy atom. The summed E-state index contributed by atoms with van der Waals surface area (Å²) in [6.07, 6.45) is 0. The molecule has 1 heterocycles. The molecule has 0 aliphatic carbocycles. The van der Waals surface area contributed by atoms with Gasteiger partial charge in [0, 0.05) is 26.2 Å². The maximum Gasteiger partial charge on any atom is 0.230 e. The number of thiol groups is 1. The first-order valence-corrected chi connectivity index (χ1v) is 7.27. The SMILES string of the molecule is CC(C)C(C(=O)N1CCN(S)CC1)c1ccccc1. The number of hydrogen-bond donors (Lipinski definition) is 1. The topological polar surface area (TPSA) is 23.6 Å². The number of piperazine rings is 1. The minimum Gasteiger partial charge on any atom is -0.340 e. The van der Waals surface area contributed by atoms with E-state index in [0.717, 1.165) is 31.7 Å². The van der Waals surface area contributed by atoms with Gasteiger partial charge in [-0.05, 0) is 11.5 Å². The molecule has 1 aliphatic heterocycles. The summed E-state index contributed by atoms with van der Waals surface area (Å²) >= 11 is 4.33. The average molecular weight is 278 g/mol. The van der Waals surface area contributed by atoms with Crippen LogP contribution in [-0.2, 0) is 4.79 Å². The monoisotopic (exact) mass is 278 g/mol. The summed E-state index contributed by atoms with van der Waals surface area (Å²) in [7, 11) is 0. The van der Waals surface area contributed by atoms with E-state index in [2.05, 4.69) is 38.8 Å². The number of carbonyl (C=O) groups excluding carboxylic acids is 1. The van der Waals surface area contributed by atoms with Gasteiger partial charge in [0.05, 0.1) is 5.92 Å². The Bertz CT molecular complexity index is 413. The fourth-order valence-electron chi connectivity index (χ4n) is 2.59. The first-order valence-electron chi connectivity index (χ1n) is 6.87. The van der Waals surface area contributed by atoms with Crippen molar-refractivity contribution in [2.45, 2.75) is 19.8 Å². The number of carbonyl (C=O) groups is 1. The Morgan fingerprint density at radius 2 is 1.68 bits per heavy atom. The average Bonchev–Trinajstić information content (AvgIpc) is 2.40. The molecule has 1 aromatic rings. The smallest absolute Gasteiger partial charge is 0.230 e. The fraction of sp³-hybridized carbons (Fsp3) is 0.533. The Balaban J connectivity index is 2.14. The van der Waals surface area contributed by atoms with Gasteiger partial charge in [-0.1, -0.05) is 57.0 Å². The standard InChI is InChI=1S/C15H22N2OS/c1-12(2)14(13-6-4-3-5-7-13)15(18)16-8-10-17(19)11-9-16/h3-7,12,14,19H,8-11H2,1-2H3. The van der Waals surface area contributed by atoms with Crippen molar-refractivity contribution in [3.05, 3.63) is 35.9 Å². The molecule has 4 heteroatoms. The van der Waals surface area contributed by atoms with Gasteiger partial charge in [0.1, 0.15) is 0 Å². The first-order chi connectivity index (χ1) is 9.09. The lowest BCUT2D eigenvalue weighted by Gasteiger charge is -2.35. The van der Waals surface area contributed by atoms with Crippen LogP contribution in [0.1, 0.15) is 25.3 Å². The highest BCUT2D eigenvalue weighted by Crippen LogP contribution is 2.27. The lowest BCUT2D eigenvalue weighted by Crippen LogP contribution is -2.47. The van der Waals surface area contributed by atoms with Gasteiger partial charge in [0.15, 0.2) is 0 Å². The summed E-state index contributed by atoms with van der Waals surface area (Å²) < 4.78 is 1.97. The number of hydrogen-bond acceptors (Lipinski definition) is 3. The van der Waals surface area contributed by atoms with E-state index in [-0.39, 0.29) is 11.8 Å². The van der Waals surface area contributed by atoms with Gasteiger partial charge in [0.2, 0.25) is 5.91 Å². The van der Waals surface area contributed by atoms with Gasteiger partial charge in [0.25, 0.3) is 0 Å². The van der Waals surface area contributed by atoms with Gasteiger partial charge >= 0.3 is 0 Å². The molecule has 1 atom stereocenters. The largest absolute Gasteiger partial charge is 0.340 e. The summed E-state index contributed by atoms with van der Waals surface area (Å²) in [6.45, 7) is 7.47. The maximum absolute atomic E-state index is 12.7. The fourth-order valence-corrected chi connectivity index (χ4v) is 2.76. The molecular formula is C15H22N2OS. The van der Waals surface area contributed by atoms with E-state index in [1.807, 2.05) is 27.4 Å². The Labute approximate surface area is 121 Å². The molecule has 0 spiro atoms. The minimum atomic E-state index is -0.0346. The van der Waals surface area contributed by atoms with Gasteiger partial charge in [-0.25, -0.2) is 4.31 Å². The number of benzene rings is 1. The maximum atomic E-state index is 12.7. The lowest BCUT2D eigenvalue weighted by molar-refractivity contribution is -0.135. The van der Waals surface area contributed by atoms with E-state index >= 15 is 0 Å². The third-order valence-electron chi connectivity index (χ3n) is 3.66. The van der Waals surface area contributed by atoms with E-state index in [1.165, 1.54) is 0 Å². The van der Waals surface area contributed by atoms with Gasteiger partial charge in [-0.3, -0.25) is 4.79 Å². The van der Waals surface area contributed by atoms with E-state index in [0.29, 0.717) is 5.92 Å². The third-order valence-corrected chi connectivity index (χ3v) is 4.06. The second kappa shape index (κ2) is 6.44. The molecule has 0 bridgehead atoms. The summed E-state index contributed by atoms with van der Waals surface area (Å²) in [6, 6.07) is 10.1. The zero-order valence-corrected chi connectivity index (χ0v) is 12.5. The zero-order chi connectivity index (χ0) is 13.8. The number of amides is 1. The molecule has 1 fully saturated rings. The van der Waals surface area contributed by atoms with Crippen LogP contribution in [-0.4, -0.2) is 41.3 Å². The molecule has 19 heavy (non-hydrogen) atoms. The summed E-state index contributed by atoms with van der Waals surface area (Å²) in [5.41, 5.74) is 1.12. The predicted molar refractivity (Wildman–Crippen MR) is 81.2 cm³/mol. The lowest BCUT2D eigenvalue weighted by atomic mass is 9.87. The van der Waals surface area contributed by atoms with Crippen LogP contribution < -0.4 is 0 Å². The van der Waals surface area contributed by atoms with Crippen LogP contribution in [0, 0.1) is 5.92 Å². The molecule has 0 N–H and O–H groups in total. The normalized spacial score (nSPS) is 18.6. The van der Waals surface area contributed by atoms with E-state index in [4.69, 9.17) is 0 Å². The van der Waals surface area contributed by atoms with Crippen LogP contribution in [0.25, 0.3) is 0 Å². The second-order valence-electron chi connectivity index (χ2n) is 5.41. The van der Waals surface area contributed by atoms with E-state index in [1.54, 1.807) is 0 Å². The molecule has 1 unspecified atom stereocenters. The van der Waals surface area contributed by atoms with Crippen LogP contribution in [0.2, 0.25) is 0 Å². The van der Waals surface area contributed by atoms with Gasteiger partial charge in [-0.2, -0.15) is 0 Å². The highest BCUT2D eigenvalue weighted by Gasteiger charge is 2.29. The Hall–Kier alpha value is -1.00. The van der Waals surface area contributed by atoms with Crippen LogP contribution in [0.15, 0.2) is 30.3 Å². The highest BCUT2D eigenvalue weighted by molar-refractivity contribution is 7.77. The van der Waals surface area contributed by atoms with Crippen LogP contribution in [0.3, 0.4) is 0 Å². The van der Waals surface area contributed by atoms with Gasteiger partial charge in [-0.15, -0.1) is 0 Å².